The lowest BCUT2D eigenvalue weighted by Gasteiger charge is -2.25. The van der Waals surface area contributed by atoms with Crippen LogP contribution in [0.5, 0.6) is 0 Å². The molecule has 11 heteroatoms. The first-order valence-electron chi connectivity index (χ1n) is 11.1. The summed E-state index contributed by atoms with van der Waals surface area (Å²) < 4.78 is 28.4. The molecule has 34 heavy (non-hydrogen) atoms. The van der Waals surface area contributed by atoms with Crippen molar-refractivity contribution in [3.63, 3.8) is 0 Å². The lowest BCUT2D eigenvalue weighted by atomic mass is 10.00. The largest absolute Gasteiger partial charge is 0.369 e. The quantitative estimate of drug-likeness (QED) is 0.419. The molecule has 3 N–H and O–H groups in total. The number of sulfonamides is 1. The van der Waals surface area contributed by atoms with Crippen LogP contribution >= 0.6 is 0 Å². The molecule has 0 aliphatic carbocycles. The second-order valence-corrected chi connectivity index (χ2v) is 10.1. The number of hydrogen-bond acceptors (Lipinski definition) is 8. The molecule has 0 radical (unpaired) electrons. The van der Waals surface area contributed by atoms with Crippen LogP contribution in [0.4, 0.5) is 23.1 Å². The molecule has 2 aromatic heterocycles. The van der Waals surface area contributed by atoms with Crippen molar-refractivity contribution in [1.29, 1.82) is 0 Å². The van der Waals surface area contributed by atoms with Crippen molar-refractivity contribution in [3.05, 3.63) is 59.5 Å². The van der Waals surface area contributed by atoms with Gasteiger partial charge in [0.15, 0.2) is 0 Å². The third-order valence-electron chi connectivity index (χ3n) is 5.90. The second-order valence-electron chi connectivity index (χ2n) is 8.34. The fourth-order valence-electron chi connectivity index (χ4n) is 4.30. The van der Waals surface area contributed by atoms with Crippen LogP contribution in [0.25, 0.3) is 0 Å². The minimum Gasteiger partial charge on any atom is -0.369 e. The number of aromatic nitrogens is 3. The van der Waals surface area contributed by atoms with Gasteiger partial charge in [-0.25, -0.2) is 28.1 Å². The molecular formula is C23H25N7O3S. The van der Waals surface area contributed by atoms with E-state index in [9.17, 15) is 13.2 Å². The monoisotopic (exact) mass is 479 g/mol. The van der Waals surface area contributed by atoms with Crippen molar-refractivity contribution in [2.75, 3.05) is 35.2 Å². The van der Waals surface area contributed by atoms with E-state index in [0.717, 1.165) is 22.4 Å². The summed E-state index contributed by atoms with van der Waals surface area (Å²) in [5, 5.41) is 6.23. The molecule has 0 fully saturated rings. The third kappa shape index (κ3) is 4.57. The van der Waals surface area contributed by atoms with Crippen molar-refractivity contribution >= 4 is 39.1 Å². The fraction of sp³-hybridized carbons (Fsp3) is 0.304. The van der Waals surface area contributed by atoms with Crippen molar-refractivity contribution in [1.82, 2.24) is 19.7 Å². The minimum atomic E-state index is -3.68. The summed E-state index contributed by atoms with van der Waals surface area (Å²) in [6.07, 6.45) is 4.82. The number of rotatable bonds is 8. The summed E-state index contributed by atoms with van der Waals surface area (Å²) >= 11 is 0. The maximum absolute atomic E-state index is 12.9. The summed E-state index contributed by atoms with van der Waals surface area (Å²) in [6, 6.07) is 8.94. The van der Waals surface area contributed by atoms with E-state index in [1.807, 2.05) is 19.1 Å². The lowest BCUT2D eigenvalue weighted by Crippen LogP contribution is -2.33. The third-order valence-corrected chi connectivity index (χ3v) is 7.34. The Morgan fingerprint density at radius 3 is 2.53 bits per heavy atom. The highest BCUT2D eigenvalue weighted by Gasteiger charge is 2.32. The molecule has 176 valence electrons. The molecule has 3 aromatic rings. The number of carbonyl (C=O) groups excluding carboxylic acids is 1. The molecule has 5 rings (SSSR count). The predicted octanol–water partition coefficient (Wildman–Crippen LogP) is 2.15. The van der Waals surface area contributed by atoms with Crippen LogP contribution in [0.15, 0.2) is 47.8 Å². The maximum Gasteiger partial charge on any atom is 0.240 e. The molecule has 0 spiro atoms. The first-order chi connectivity index (χ1) is 16.4. The van der Waals surface area contributed by atoms with Gasteiger partial charge in [-0.15, -0.1) is 0 Å². The molecule has 0 atom stereocenters. The van der Waals surface area contributed by atoms with Crippen LogP contribution in [0, 0.1) is 6.92 Å². The van der Waals surface area contributed by atoms with Gasteiger partial charge in [-0.1, -0.05) is 0 Å². The minimum absolute atomic E-state index is 0.115. The van der Waals surface area contributed by atoms with Gasteiger partial charge in [-0.2, -0.15) is 0 Å². The molecule has 0 bridgehead atoms. The van der Waals surface area contributed by atoms with Gasteiger partial charge >= 0.3 is 0 Å². The average molecular weight is 480 g/mol. The Bertz CT molecular complexity index is 1360. The van der Waals surface area contributed by atoms with Crippen LogP contribution in [-0.2, 0) is 27.7 Å². The Labute approximate surface area is 197 Å². The Morgan fingerprint density at radius 2 is 1.71 bits per heavy atom. The van der Waals surface area contributed by atoms with Crippen molar-refractivity contribution in [2.45, 2.75) is 31.1 Å². The summed E-state index contributed by atoms with van der Waals surface area (Å²) in [5.74, 6) is 1.94. The van der Waals surface area contributed by atoms with Crippen molar-refractivity contribution in [2.24, 2.45) is 0 Å². The van der Waals surface area contributed by atoms with E-state index >= 15 is 0 Å². The lowest BCUT2D eigenvalue weighted by molar-refractivity contribution is -0.118. The molecule has 1 aromatic carbocycles. The molecule has 2 aliphatic rings. The highest BCUT2D eigenvalue weighted by Crippen LogP contribution is 2.38. The van der Waals surface area contributed by atoms with E-state index < -0.39 is 10.0 Å². The highest BCUT2D eigenvalue weighted by molar-refractivity contribution is 7.89. The van der Waals surface area contributed by atoms with E-state index in [4.69, 9.17) is 0 Å². The van der Waals surface area contributed by atoms with Crippen LogP contribution < -0.4 is 20.3 Å². The smallest absolute Gasteiger partial charge is 0.240 e. The summed E-state index contributed by atoms with van der Waals surface area (Å²) in [7, 11) is -3.68. The zero-order valence-corrected chi connectivity index (χ0v) is 19.5. The van der Waals surface area contributed by atoms with Gasteiger partial charge in [0.2, 0.25) is 15.9 Å². The molecule has 4 heterocycles. The number of nitrogens with zero attached hydrogens (tertiary/aromatic N) is 4. The highest BCUT2D eigenvalue weighted by atomic mass is 32.2. The van der Waals surface area contributed by atoms with Crippen LogP contribution in [-0.4, -0.2) is 48.9 Å². The Kier molecular flexibility index (Phi) is 5.88. The van der Waals surface area contributed by atoms with Gasteiger partial charge in [0, 0.05) is 38.3 Å². The first kappa shape index (κ1) is 22.2. The van der Waals surface area contributed by atoms with Crippen molar-refractivity contribution < 1.29 is 13.2 Å². The van der Waals surface area contributed by atoms with Crippen LogP contribution in [0.3, 0.4) is 0 Å². The van der Waals surface area contributed by atoms with Gasteiger partial charge in [0.05, 0.1) is 10.6 Å². The standard InChI is InChI=1S/C23H25N7O3S/c1-15-4-6-24-20(10-15)29-21-13-19(26-14-27-21)25-7-8-28-34(32,33)18-11-16-2-3-22(31)30-9-5-17(12-18)23(16)30/h4,6,10-14,28H,2-3,5,7-9H2,1H3,(H2,24,25,26,27,29). The molecule has 0 saturated heterocycles. The average Bonchev–Trinajstić information content (AvgIpc) is 3.25. The summed E-state index contributed by atoms with van der Waals surface area (Å²) in [4.78, 5) is 26.7. The number of amides is 1. The van der Waals surface area contributed by atoms with E-state index in [1.165, 1.54) is 6.33 Å². The zero-order chi connectivity index (χ0) is 23.7. The van der Waals surface area contributed by atoms with Crippen molar-refractivity contribution in [3.8, 4) is 0 Å². The predicted molar refractivity (Wildman–Crippen MR) is 129 cm³/mol. The topological polar surface area (TPSA) is 129 Å². The number of nitrogens with one attached hydrogen (secondary N) is 3. The Hall–Kier alpha value is -3.57. The van der Waals surface area contributed by atoms with Gasteiger partial charge in [0.25, 0.3) is 0 Å². The molecule has 0 unspecified atom stereocenters. The molecule has 2 aliphatic heterocycles. The fourth-order valence-corrected chi connectivity index (χ4v) is 5.43. The Morgan fingerprint density at radius 1 is 0.941 bits per heavy atom. The molecule has 10 nitrogen and oxygen atoms in total. The van der Waals surface area contributed by atoms with Gasteiger partial charge in [-0.3, -0.25) is 4.79 Å². The number of hydrogen-bond donors (Lipinski definition) is 3. The molecular weight excluding hydrogens is 454 g/mol. The van der Waals surface area contributed by atoms with Gasteiger partial charge in [-0.05, 0) is 60.7 Å². The molecule has 0 saturated carbocycles. The van der Waals surface area contributed by atoms with Gasteiger partial charge < -0.3 is 15.5 Å². The second kappa shape index (κ2) is 8.99. The van der Waals surface area contributed by atoms with E-state index in [2.05, 4.69) is 30.3 Å². The first-order valence-corrected chi connectivity index (χ1v) is 12.6. The zero-order valence-electron chi connectivity index (χ0n) is 18.7. The van der Waals surface area contributed by atoms with Crippen LogP contribution in [0.1, 0.15) is 23.1 Å². The number of pyridine rings is 1. The summed E-state index contributed by atoms with van der Waals surface area (Å²) in [5.41, 5.74) is 3.84. The van der Waals surface area contributed by atoms with E-state index in [1.54, 1.807) is 29.3 Å². The van der Waals surface area contributed by atoms with Crippen LogP contribution in [0.2, 0.25) is 0 Å². The SMILES string of the molecule is Cc1ccnc(Nc2cc(NCCNS(=O)(=O)c3cc4c5c(c3)CCN5C(=O)CC4)ncn2)c1. The normalized spacial score (nSPS) is 14.7. The maximum atomic E-state index is 12.9. The Balaban J connectivity index is 1.19. The number of anilines is 4. The molecule has 1 amide bonds. The van der Waals surface area contributed by atoms with E-state index in [-0.39, 0.29) is 17.3 Å². The number of aryl methyl sites for hydroxylation is 2. The summed E-state index contributed by atoms with van der Waals surface area (Å²) in [6.45, 7) is 3.14. The number of carbonyl (C=O) groups is 1. The number of benzene rings is 1. The van der Waals surface area contributed by atoms with Gasteiger partial charge in [0.1, 0.15) is 23.8 Å². The van der Waals surface area contributed by atoms with E-state index in [0.29, 0.717) is 49.8 Å².